The van der Waals surface area contributed by atoms with Gasteiger partial charge in [0.15, 0.2) is 5.96 Å². The minimum atomic E-state index is 0.442. The van der Waals surface area contributed by atoms with E-state index in [9.17, 15) is 0 Å². The molecule has 0 aliphatic heterocycles. The smallest absolute Gasteiger partial charge is 0.191 e. The highest BCUT2D eigenvalue weighted by Crippen LogP contribution is 2.41. The summed E-state index contributed by atoms with van der Waals surface area (Å²) >= 11 is 0. The van der Waals surface area contributed by atoms with E-state index in [-0.39, 0.29) is 0 Å². The van der Waals surface area contributed by atoms with Gasteiger partial charge in [0.1, 0.15) is 0 Å². The summed E-state index contributed by atoms with van der Waals surface area (Å²) in [4.78, 5) is 6.90. The number of hydrogen-bond donors (Lipinski definition) is 2. The second-order valence-electron chi connectivity index (χ2n) is 7.24. The van der Waals surface area contributed by atoms with Crippen LogP contribution < -0.4 is 10.6 Å². The summed E-state index contributed by atoms with van der Waals surface area (Å²) in [6.07, 6.45) is 3.59. The zero-order valence-corrected chi connectivity index (χ0v) is 16.7. The molecule has 0 saturated heterocycles. The van der Waals surface area contributed by atoms with Crippen molar-refractivity contribution in [2.24, 2.45) is 4.99 Å². The molecule has 0 spiro atoms. The molecule has 0 aromatic heterocycles. The van der Waals surface area contributed by atoms with Crippen LogP contribution in [0.5, 0.6) is 0 Å². The lowest BCUT2D eigenvalue weighted by Gasteiger charge is -2.21. The van der Waals surface area contributed by atoms with Gasteiger partial charge in [0.2, 0.25) is 0 Å². The standard InChI is InChI=1S/C21H36N4/c1-6-25(7-2)14-10-12-17(4)23-21(22-5)24-20-15-19(20)18-13-9-8-11-16(18)3/h8-9,11,13,17,19-20H,6-7,10,12,14-15H2,1-5H3,(H2,22,23,24). The molecular weight excluding hydrogens is 308 g/mol. The summed E-state index contributed by atoms with van der Waals surface area (Å²) in [5, 5.41) is 7.15. The number of hydrogen-bond acceptors (Lipinski definition) is 2. The Bertz CT molecular complexity index is 551. The third-order valence-electron chi connectivity index (χ3n) is 5.31. The number of benzene rings is 1. The highest BCUT2D eigenvalue weighted by Gasteiger charge is 2.39. The first kappa shape index (κ1) is 19.8. The molecule has 25 heavy (non-hydrogen) atoms. The largest absolute Gasteiger partial charge is 0.354 e. The van der Waals surface area contributed by atoms with Crippen molar-refractivity contribution in [2.75, 3.05) is 26.7 Å². The van der Waals surface area contributed by atoms with Crippen LogP contribution >= 0.6 is 0 Å². The van der Waals surface area contributed by atoms with Gasteiger partial charge in [-0.1, -0.05) is 38.1 Å². The molecule has 1 aromatic rings. The van der Waals surface area contributed by atoms with Gasteiger partial charge in [0, 0.05) is 25.0 Å². The fourth-order valence-electron chi connectivity index (χ4n) is 3.51. The van der Waals surface area contributed by atoms with E-state index in [1.54, 1.807) is 0 Å². The molecule has 3 unspecified atom stereocenters. The van der Waals surface area contributed by atoms with Crippen molar-refractivity contribution < 1.29 is 0 Å². The maximum absolute atomic E-state index is 4.42. The normalized spacial score (nSPS) is 21.3. The second-order valence-corrected chi connectivity index (χ2v) is 7.24. The van der Waals surface area contributed by atoms with Gasteiger partial charge in [-0.3, -0.25) is 4.99 Å². The average Bonchev–Trinajstić information content (AvgIpc) is 3.37. The van der Waals surface area contributed by atoms with Gasteiger partial charge in [-0.15, -0.1) is 0 Å². The molecule has 1 aliphatic rings. The minimum absolute atomic E-state index is 0.442. The number of aryl methyl sites for hydroxylation is 1. The molecule has 3 atom stereocenters. The molecule has 2 rings (SSSR count). The molecule has 1 aliphatic carbocycles. The Hall–Kier alpha value is -1.55. The van der Waals surface area contributed by atoms with Crippen LogP contribution in [0, 0.1) is 6.92 Å². The van der Waals surface area contributed by atoms with Crippen LogP contribution in [0.2, 0.25) is 0 Å². The van der Waals surface area contributed by atoms with Crippen molar-refractivity contribution in [1.29, 1.82) is 0 Å². The summed E-state index contributed by atoms with van der Waals surface area (Å²) in [6, 6.07) is 9.67. The van der Waals surface area contributed by atoms with Crippen molar-refractivity contribution in [3.05, 3.63) is 35.4 Å². The number of rotatable bonds is 9. The molecule has 1 fully saturated rings. The lowest BCUT2D eigenvalue weighted by molar-refractivity contribution is 0.292. The van der Waals surface area contributed by atoms with Gasteiger partial charge in [0.05, 0.1) is 0 Å². The van der Waals surface area contributed by atoms with Gasteiger partial charge in [-0.25, -0.2) is 0 Å². The van der Waals surface area contributed by atoms with E-state index in [1.165, 1.54) is 36.9 Å². The summed E-state index contributed by atoms with van der Waals surface area (Å²) in [5.74, 6) is 1.56. The summed E-state index contributed by atoms with van der Waals surface area (Å²) in [5.41, 5.74) is 2.87. The second kappa shape index (κ2) is 9.81. The maximum Gasteiger partial charge on any atom is 0.191 e. The molecule has 1 aromatic carbocycles. The number of nitrogens with zero attached hydrogens (tertiary/aromatic N) is 2. The predicted molar refractivity (Wildman–Crippen MR) is 108 cm³/mol. The van der Waals surface area contributed by atoms with E-state index < -0.39 is 0 Å². The Morgan fingerprint density at radius 1 is 1.28 bits per heavy atom. The Morgan fingerprint density at radius 3 is 2.64 bits per heavy atom. The Balaban J connectivity index is 1.73. The Morgan fingerprint density at radius 2 is 2.00 bits per heavy atom. The lowest BCUT2D eigenvalue weighted by atomic mass is 10.0. The van der Waals surface area contributed by atoms with E-state index in [0.717, 1.165) is 19.0 Å². The van der Waals surface area contributed by atoms with Crippen LogP contribution in [-0.2, 0) is 0 Å². The molecule has 4 nitrogen and oxygen atoms in total. The summed E-state index contributed by atoms with van der Waals surface area (Å²) < 4.78 is 0. The van der Waals surface area contributed by atoms with E-state index in [1.807, 2.05) is 7.05 Å². The average molecular weight is 345 g/mol. The van der Waals surface area contributed by atoms with Crippen LogP contribution in [0.15, 0.2) is 29.3 Å². The molecule has 4 heteroatoms. The monoisotopic (exact) mass is 344 g/mol. The molecule has 2 N–H and O–H groups in total. The highest BCUT2D eigenvalue weighted by molar-refractivity contribution is 5.80. The maximum atomic E-state index is 4.42. The summed E-state index contributed by atoms with van der Waals surface area (Å²) in [6.45, 7) is 12.4. The quantitative estimate of drug-likeness (QED) is 0.532. The SMILES string of the molecule is CCN(CC)CCCC(C)NC(=NC)NC1CC1c1ccccc1C. The summed E-state index contributed by atoms with van der Waals surface area (Å²) in [7, 11) is 1.86. The highest BCUT2D eigenvalue weighted by atomic mass is 15.2. The number of nitrogens with one attached hydrogen (secondary N) is 2. The van der Waals surface area contributed by atoms with Crippen LogP contribution in [0.25, 0.3) is 0 Å². The van der Waals surface area contributed by atoms with Gasteiger partial charge in [-0.05, 0) is 63.9 Å². The zero-order chi connectivity index (χ0) is 18.2. The first-order valence-corrected chi connectivity index (χ1v) is 9.86. The number of guanidine groups is 1. The van der Waals surface area contributed by atoms with E-state index in [4.69, 9.17) is 0 Å². The van der Waals surface area contributed by atoms with E-state index >= 15 is 0 Å². The van der Waals surface area contributed by atoms with Gasteiger partial charge in [0.25, 0.3) is 0 Å². The predicted octanol–water partition coefficient (Wildman–Crippen LogP) is 3.53. The molecule has 1 saturated carbocycles. The van der Waals surface area contributed by atoms with Crippen molar-refractivity contribution in [3.63, 3.8) is 0 Å². The molecule has 0 heterocycles. The van der Waals surface area contributed by atoms with Crippen LogP contribution in [-0.4, -0.2) is 49.6 Å². The molecule has 0 radical (unpaired) electrons. The third kappa shape index (κ3) is 6.03. The molecular formula is C21H36N4. The third-order valence-corrected chi connectivity index (χ3v) is 5.31. The number of aliphatic imine (C=N–C) groups is 1. The van der Waals surface area contributed by atoms with Crippen molar-refractivity contribution in [3.8, 4) is 0 Å². The van der Waals surface area contributed by atoms with Crippen molar-refractivity contribution in [2.45, 2.75) is 65.0 Å². The topological polar surface area (TPSA) is 39.7 Å². The molecule has 0 amide bonds. The minimum Gasteiger partial charge on any atom is -0.354 e. The Kier molecular flexibility index (Phi) is 7.76. The van der Waals surface area contributed by atoms with Gasteiger partial charge < -0.3 is 15.5 Å². The van der Waals surface area contributed by atoms with E-state index in [0.29, 0.717) is 18.0 Å². The Labute approximate surface area is 154 Å². The van der Waals surface area contributed by atoms with Crippen LogP contribution in [0.3, 0.4) is 0 Å². The molecule has 0 bridgehead atoms. The van der Waals surface area contributed by atoms with Crippen molar-refractivity contribution >= 4 is 5.96 Å². The fraction of sp³-hybridized carbons (Fsp3) is 0.667. The van der Waals surface area contributed by atoms with E-state index in [2.05, 4.69) is 72.5 Å². The van der Waals surface area contributed by atoms with Crippen molar-refractivity contribution in [1.82, 2.24) is 15.5 Å². The van der Waals surface area contributed by atoms with Gasteiger partial charge in [-0.2, -0.15) is 0 Å². The van der Waals surface area contributed by atoms with Gasteiger partial charge >= 0.3 is 0 Å². The fourth-order valence-corrected chi connectivity index (χ4v) is 3.51. The lowest BCUT2D eigenvalue weighted by Crippen LogP contribution is -2.43. The van der Waals surface area contributed by atoms with Crippen LogP contribution in [0.4, 0.5) is 0 Å². The first-order valence-electron chi connectivity index (χ1n) is 9.86. The first-order chi connectivity index (χ1) is 12.1. The van der Waals surface area contributed by atoms with Crippen LogP contribution in [0.1, 0.15) is 57.1 Å². The zero-order valence-electron chi connectivity index (χ0n) is 16.7. The molecule has 140 valence electrons.